The van der Waals surface area contributed by atoms with Crippen LogP contribution in [0.1, 0.15) is 24.0 Å². The molecule has 34 heavy (non-hydrogen) atoms. The molecule has 1 N–H and O–H groups in total. The van der Waals surface area contributed by atoms with Gasteiger partial charge in [-0.1, -0.05) is 42.5 Å². The molecule has 1 heterocycles. The van der Waals surface area contributed by atoms with E-state index in [1.54, 1.807) is 20.4 Å². The van der Waals surface area contributed by atoms with Crippen molar-refractivity contribution in [2.24, 2.45) is 0 Å². The lowest BCUT2D eigenvalue weighted by molar-refractivity contribution is -0.120. The first-order valence-corrected chi connectivity index (χ1v) is 11.4. The zero-order valence-corrected chi connectivity index (χ0v) is 20.1. The fourth-order valence-corrected chi connectivity index (χ4v) is 3.54. The third kappa shape index (κ3) is 7.78. The number of oxazole rings is 1. The van der Waals surface area contributed by atoms with Crippen LogP contribution in [0.15, 0.2) is 65.5 Å². The van der Waals surface area contributed by atoms with E-state index in [0.717, 1.165) is 54.3 Å². The third-order valence-corrected chi connectivity index (χ3v) is 5.51. The quantitative estimate of drug-likeness (QED) is 0.378. The van der Waals surface area contributed by atoms with Crippen molar-refractivity contribution in [3.63, 3.8) is 0 Å². The van der Waals surface area contributed by atoms with Crippen LogP contribution in [0.3, 0.4) is 0 Å². The Morgan fingerprint density at radius 1 is 1.09 bits per heavy atom. The van der Waals surface area contributed by atoms with Crippen molar-refractivity contribution >= 4 is 12.0 Å². The van der Waals surface area contributed by atoms with Gasteiger partial charge in [-0.05, 0) is 49.7 Å². The van der Waals surface area contributed by atoms with Gasteiger partial charge in [0, 0.05) is 25.1 Å². The predicted molar refractivity (Wildman–Crippen MR) is 134 cm³/mol. The first-order valence-electron chi connectivity index (χ1n) is 11.4. The SMILES string of the molecule is COc1ccc(CCN(C)CCCNC(=O)C/C=C/c2ccc(-c3cnco3)cc2)cc1OC. The van der Waals surface area contributed by atoms with Crippen LogP contribution in [0.25, 0.3) is 17.4 Å². The van der Waals surface area contributed by atoms with Crippen LogP contribution >= 0.6 is 0 Å². The summed E-state index contributed by atoms with van der Waals surface area (Å²) >= 11 is 0. The highest BCUT2D eigenvalue weighted by Crippen LogP contribution is 2.27. The third-order valence-electron chi connectivity index (χ3n) is 5.51. The van der Waals surface area contributed by atoms with Crippen LogP contribution in [0, 0.1) is 0 Å². The Hall–Kier alpha value is -3.58. The second-order valence-corrected chi connectivity index (χ2v) is 8.04. The number of likely N-dealkylation sites (N-methyl/N-ethyl adjacent to an activating group) is 1. The monoisotopic (exact) mass is 463 g/mol. The van der Waals surface area contributed by atoms with E-state index in [4.69, 9.17) is 13.9 Å². The Labute approximate surface area is 201 Å². The van der Waals surface area contributed by atoms with Crippen LogP contribution < -0.4 is 14.8 Å². The van der Waals surface area contributed by atoms with E-state index in [-0.39, 0.29) is 5.91 Å². The second kappa shape index (κ2) is 13.2. The summed E-state index contributed by atoms with van der Waals surface area (Å²) in [4.78, 5) is 18.3. The van der Waals surface area contributed by atoms with Crippen LogP contribution in [-0.2, 0) is 11.2 Å². The van der Waals surface area contributed by atoms with Gasteiger partial charge in [0.25, 0.3) is 0 Å². The fraction of sp³-hybridized carbons (Fsp3) is 0.333. The summed E-state index contributed by atoms with van der Waals surface area (Å²) in [6.45, 7) is 2.52. The molecule has 3 aromatic rings. The molecule has 0 aliphatic rings. The molecule has 3 rings (SSSR count). The van der Waals surface area contributed by atoms with Gasteiger partial charge in [-0.25, -0.2) is 4.98 Å². The Kier molecular flexibility index (Phi) is 9.73. The van der Waals surface area contributed by atoms with Crippen molar-refractivity contribution in [2.45, 2.75) is 19.3 Å². The first-order chi connectivity index (χ1) is 16.6. The number of hydrogen-bond acceptors (Lipinski definition) is 6. The zero-order valence-electron chi connectivity index (χ0n) is 20.1. The van der Waals surface area contributed by atoms with Crippen LogP contribution in [0.4, 0.5) is 0 Å². The van der Waals surface area contributed by atoms with E-state index in [1.807, 2.05) is 48.6 Å². The molecule has 180 valence electrons. The summed E-state index contributed by atoms with van der Waals surface area (Å²) in [5.74, 6) is 2.26. The Bertz CT molecular complexity index is 1050. The minimum absolute atomic E-state index is 0.0301. The molecular formula is C27H33N3O4. The molecule has 0 fully saturated rings. The van der Waals surface area contributed by atoms with Crippen molar-refractivity contribution in [3.8, 4) is 22.8 Å². The Balaban J connectivity index is 1.30. The minimum atomic E-state index is 0.0301. The van der Waals surface area contributed by atoms with Crippen molar-refractivity contribution in [3.05, 3.63) is 72.3 Å². The molecule has 7 nitrogen and oxygen atoms in total. The summed E-state index contributed by atoms with van der Waals surface area (Å²) in [5.41, 5.74) is 3.21. The van der Waals surface area contributed by atoms with Gasteiger partial charge in [-0.2, -0.15) is 0 Å². The number of methoxy groups -OCH3 is 2. The lowest BCUT2D eigenvalue weighted by Gasteiger charge is -2.17. The molecule has 0 aliphatic heterocycles. The van der Waals surface area contributed by atoms with Gasteiger partial charge >= 0.3 is 0 Å². The van der Waals surface area contributed by atoms with Crippen molar-refractivity contribution in [1.82, 2.24) is 15.2 Å². The average molecular weight is 464 g/mol. The lowest BCUT2D eigenvalue weighted by atomic mass is 10.1. The minimum Gasteiger partial charge on any atom is -0.493 e. The largest absolute Gasteiger partial charge is 0.493 e. The number of rotatable bonds is 13. The highest BCUT2D eigenvalue weighted by atomic mass is 16.5. The number of nitrogens with one attached hydrogen (secondary N) is 1. The highest BCUT2D eigenvalue weighted by Gasteiger charge is 2.06. The van der Waals surface area contributed by atoms with Gasteiger partial charge in [0.15, 0.2) is 23.7 Å². The molecule has 0 aliphatic carbocycles. The standard InChI is InChI=1S/C27H33N3O4/c1-30(17-14-22-10-13-24(32-2)25(18-22)33-3)16-5-15-29-27(31)7-4-6-21-8-11-23(12-9-21)26-19-28-20-34-26/h4,6,8-13,18-20H,5,7,14-17H2,1-3H3,(H,29,31)/b6-4+. The molecular weight excluding hydrogens is 430 g/mol. The molecule has 0 saturated carbocycles. The molecule has 1 aromatic heterocycles. The number of amides is 1. The second-order valence-electron chi connectivity index (χ2n) is 8.04. The smallest absolute Gasteiger partial charge is 0.223 e. The summed E-state index contributed by atoms with van der Waals surface area (Å²) in [5, 5.41) is 2.99. The Morgan fingerprint density at radius 3 is 2.59 bits per heavy atom. The maximum absolute atomic E-state index is 12.1. The fourth-order valence-electron chi connectivity index (χ4n) is 3.54. The van der Waals surface area contributed by atoms with E-state index < -0.39 is 0 Å². The summed E-state index contributed by atoms with van der Waals surface area (Å²) in [7, 11) is 5.38. The number of benzene rings is 2. The number of aromatic nitrogens is 1. The van der Waals surface area contributed by atoms with Crippen LogP contribution in [-0.4, -0.2) is 56.7 Å². The van der Waals surface area contributed by atoms with E-state index in [0.29, 0.717) is 13.0 Å². The number of ether oxygens (including phenoxy) is 2. The molecule has 7 heteroatoms. The van der Waals surface area contributed by atoms with Gasteiger partial charge in [0.1, 0.15) is 0 Å². The summed E-state index contributed by atoms with van der Waals surface area (Å²) < 4.78 is 15.9. The van der Waals surface area contributed by atoms with Crippen molar-refractivity contribution in [1.29, 1.82) is 0 Å². The maximum Gasteiger partial charge on any atom is 0.223 e. The Morgan fingerprint density at radius 2 is 1.88 bits per heavy atom. The van der Waals surface area contributed by atoms with Crippen molar-refractivity contribution < 1.29 is 18.7 Å². The van der Waals surface area contributed by atoms with Crippen molar-refractivity contribution in [2.75, 3.05) is 40.9 Å². The van der Waals surface area contributed by atoms with E-state index in [1.165, 1.54) is 12.0 Å². The molecule has 0 unspecified atom stereocenters. The number of carbonyl (C=O) groups is 1. The zero-order chi connectivity index (χ0) is 24.2. The molecule has 1 amide bonds. The maximum atomic E-state index is 12.1. The molecule has 0 atom stereocenters. The van der Waals surface area contributed by atoms with Gasteiger partial charge < -0.3 is 24.1 Å². The molecule has 0 radical (unpaired) electrons. The van der Waals surface area contributed by atoms with Gasteiger partial charge in [0.05, 0.1) is 20.4 Å². The molecule has 0 bridgehead atoms. The van der Waals surface area contributed by atoms with Crippen LogP contribution in [0.5, 0.6) is 11.5 Å². The summed E-state index contributed by atoms with van der Waals surface area (Å²) in [6.07, 6.45) is 9.12. The molecule has 0 spiro atoms. The lowest BCUT2D eigenvalue weighted by Crippen LogP contribution is -2.28. The first kappa shape index (κ1) is 25.1. The normalized spacial score (nSPS) is 11.2. The van der Waals surface area contributed by atoms with Crippen LogP contribution in [0.2, 0.25) is 0 Å². The molecule has 2 aromatic carbocycles. The average Bonchev–Trinajstić information content (AvgIpc) is 3.40. The number of hydrogen-bond donors (Lipinski definition) is 1. The molecule has 0 saturated heterocycles. The van der Waals surface area contributed by atoms with Gasteiger partial charge in [-0.3, -0.25) is 4.79 Å². The van der Waals surface area contributed by atoms with E-state index in [9.17, 15) is 4.79 Å². The number of carbonyl (C=O) groups excluding carboxylic acids is 1. The highest BCUT2D eigenvalue weighted by molar-refractivity contribution is 5.78. The number of nitrogens with zero attached hydrogens (tertiary/aromatic N) is 2. The van der Waals surface area contributed by atoms with Gasteiger partial charge in [0.2, 0.25) is 5.91 Å². The van der Waals surface area contributed by atoms with E-state index in [2.05, 4.69) is 28.3 Å². The van der Waals surface area contributed by atoms with Gasteiger partial charge in [-0.15, -0.1) is 0 Å². The topological polar surface area (TPSA) is 76.8 Å². The summed E-state index contributed by atoms with van der Waals surface area (Å²) in [6, 6.07) is 13.9. The predicted octanol–water partition coefficient (Wildman–Crippen LogP) is 4.44. The van der Waals surface area contributed by atoms with E-state index >= 15 is 0 Å².